The molecule has 0 atom stereocenters. The lowest BCUT2D eigenvalue weighted by molar-refractivity contribution is -0.172. The zero-order valence-corrected chi connectivity index (χ0v) is 12.9. The van der Waals surface area contributed by atoms with Gasteiger partial charge in [0.05, 0.1) is 13.2 Å². The second kappa shape index (κ2) is 8.97. The minimum atomic E-state index is -1.28. The standard InChI is InChI=1S/C14H23ClO4/c1-5-8-14(9-11(4)10-15,12(16)18-6-2)13(17)19-7-3/h10H,5-9H2,1-4H3. The van der Waals surface area contributed by atoms with Crippen LogP contribution in [0.2, 0.25) is 0 Å². The maximum Gasteiger partial charge on any atom is 0.323 e. The Morgan fingerprint density at radius 1 is 1.11 bits per heavy atom. The second-order valence-corrected chi connectivity index (χ2v) is 4.62. The van der Waals surface area contributed by atoms with Crippen molar-refractivity contribution in [1.82, 2.24) is 0 Å². The van der Waals surface area contributed by atoms with Gasteiger partial charge in [0, 0.05) is 5.54 Å². The molecule has 0 aliphatic rings. The van der Waals surface area contributed by atoms with Crippen LogP contribution in [0.3, 0.4) is 0 Å². The van der Waals surface area contributed by atoms with Crippen molar-refractivity contribution < 1.29 is 19.1 Å². The van der Waals surface area contributed by atoms with Crippen molar-refractivity contribution in [2.75, 3.05) is 13.2 Å². The molecule has 0 aromatic rings. The first-order valence-corrected chi connectivity index (χ1v) is 7.02. The van der Waals surface area contributed by atoms with Gasteiger partial charge in [-0.2, -0.15) is 0 Å². The molecule has 0 aromatic carbocycles. The summed E-state index contributed by atoms with van der Waals surface area (Å²) in [4.78, 5) is 24.5. The lowest BCUT2D eigenvalue weighted by Crippen LogP contribution is -2.42. The topological polar surface area (TPSA) is 52.6 Å². The normalized spacial score (nSPS) is 12.2. The van der Waals surface area contributed by atoms with Crippen molar-refractivity contribution in [3.05, 3.63) is 11.1 Å². The van der Waals surface area contributed by atoms with E-state index in [1.54, 1.807) is 20.8 Å². The highest BCUT2D eigenvalue weighted by Gasteiger charge is 2.48. The summed E-state index contributed by atoms with van der Waals surface area (Å²) in [6, 6.07) is 0. The zero-order chi connectivity index (χ0) is 14.9. The molecule has 0 aliphatic carbocycles. The monoisotopic (exact) mass is 290 g/mol. The van der Waals surface area contributed by atoms with Gasteiger partial charge in [-0.1, -0.05) is 30.5 Å². The van der Waals surface area contributed by atoms with Gasteiger partial charge in [0.1, 0.15) is 0 Å². The molecule has 0 saturated carbocycles. The maximum absolute atomic E-state index is 12.2. The lowest BCUT2D eigenvalue weighted by atomic mass is 9.78. The van der Waals surface area contributed by atoms with Crippen LogP contribution >= 0.6 is 11.6 Å². The van der Waals surface area contributed by atoms with E-state index in [-0.39, 0.29) is 19.6 Å². The molecule has 0 rings (SSSR count). The molecular weight excluding hydrogens is 268 g/mol. The summed E-state index contributed by atoms with van der Waals surface area (Å²) in [6.07, 6.45) is 1.28. The van der Waals surface area contributed by atoms with Crippen LogP contribution in [0.4, 0.5) is 0 Å². The van der Waals surface area contributed by atoms with Gasteiger partial charge in [0.2, 0.25) is 0 Å². The molecule has 19 heavy (non-hydrogen) atoms. The Bertz CT molecular complexity index is 318. The van der Waals surface area contributed by atoms with Gasteiger partial charge < -0.3 is 9.47 Å². The first-order chi connectivity index (χ1) is 8.98. The molecule has 0 spiro atoms. The minimum absolute atomic E-state index is 0.224. The van der Waals surface area contributed by atoms with E-state index < -0.39 is 17.4 Å². The summed E-state index contributed by atoms with van der Waals surface area (Å²) in [5.41, 5.74) is 0.843. The molecule has 0 N–H and O–H groups in total. The molecule has 0 aliphatic heterocycles. The number of hydrogen-bond donors (Lipinski definition) is 0. The molecule has 0 unspecified atom stereocenters. The molecular formula is C14H23ClO4. The molecule has 5 heteroatoms. The van der Waals surface area contributed by atoms with Crippen LogP contribution < -0.4 is 0 Å². The van der Waals surface area contributed by atoms with Gasteiger partial charge >= 0.3 is 11.9 Å². The third-order valence-corrected chi connectivity index (χ3v) is 3.15. The van der Waals surface area contributed by atoms with E-state index in [2.05, 4.69) is 0 Å². The van der Waals surface area contributed by atoms with E-state index in [0.29, 0.717) is 12.8 Å². The van der Waals surface area contributed by atoms with E-state index in [9.17, 15) is 9.59 Å². The molecule has 4 nitrogen and oxygen atoms in total. The Kier molecular flexibility index (Phi) is 8.48. The third-order valence-electron chi connectivity index (χ3n) is 2.78. The van der Waals surface area contributed by atoms with E-state index in [4.69, 9.17) is 21.1 Å². The van der Waals surface area contributed by atoms with Crippen LogP contribution in [0.5, 0.6) is 0 Å². The van der Waals surface area contributed by atoms with Crippen molar-refractivity contribution in [2.45, 2.75) is 47.0 Å². The van der Waals surface area contributed by atoms with Crippen LogP contribution in [0, 0.1) is 5.41 Å². The average Bonchev–Trinajstić information content (AvgIpc) is 2.38. The fraction of sp³-hybridized carbons (Fsp3) is 0.714. The van der Waals surface area contributed by atoms with Crippen molar-refractivity contribution in [3.63, 3.8) is 0 Å². The molecule has 0 saturated heterocycles. The van der Waals surface area contributed by atoms with Crippen LogP contribution in [0.15, 0.2) is 11.1 Å². The van der Waals surface area contributed by atoms with Crippen LogP contribution in [-0.4, -0.2) is 25.2 Å². The van der Waals surface area contributed by atoms with Gasteiger partial charge in [0.25, 0.3) is 0 Å². The van der Waals surface area contributed by atoms with Gasteiger partial charge in [-0.15, -0.1) is 0 Å². The Morgan fingerprint density at radius 3 is 1.89 bits per heavy atom. The predicted molar refractivity (Wildman–Crippen MR) is 74.8 cm³/mol. The number of halogens is 1. The van der Waals surface area contributed by atoms with Crippen molar-refractivity contribution in [1.29, 1.82) is 0 Å². The lowest BCUT2D eigenvalue weighted by Gasteiger charge is -2.29. The molecule has 0 aromatic heterocycles. The van der Waals surface area contributed by atoms with Crippen LogP contribution in [-0.2, 0) is 19.1 Å². The fourth-order valence-corrected chi connectivity index (χ4v) is 2.08. The van der Waals surface area contributed by atoms with E-state index in [0.717, 1.165) is 5.57 Å². The van der Waals surface area contributed by atoms with E-state index in [1.807, 2.05) is 6.92 Å². The average molecular weight is 291 g/mol. The number of carbonyl (C=O) groups excluding carboxylic acids is 2. The summed E-state index contributed by atoms with van der Waals surface area (Å²) in [5.74, 6) is -1.07. The van der Waals surface area contributed by atoms with Crippen molar-refractivity contribution in [2.24, 2.45) is 5.41 Å². The molecule has 0 bridgehead atoms. The van der Waals surface area contributed by atoms with Crippen LogP contribution in [0.1, 0.15) is 47.0 Å². The van der Waals surface area contributed by atoms with E-state index >= 15 is 0 Å². The fourth-order valence-electron chi connectivity index (χ4n) is 2.00. The summed E-state index contributed by atoms with van der Waals surface area (Å²) in [5, 5.41) is 0. The summed E-state index contributed by atoms with van der Waals surface area (Å²) >= 11 is 5.66. The Labute approximate surface area is 120 Å². The number of allylic oxidation sites excluding steroid dienone is 1. The zero-order valence-electron chi connectivity index (χ0n) is 12.1. The molecule has 110 valence electrons. The van der Waals surface area contributed by atoms with Crippen molar-refractivity contribution >= 4 is 23.5 Å². The maximum atomic E-state index is 12.2. The summed E-state index contributed by atoms with van der Waals surface area (Å²) < 4.78 is 10.1. The minimum Gasteiger partial charge on any atom is -0.465 e. The molecule has 0 amide bonds. The first kappa shape index (κ1) is 18.0. The summed E-state index contributed by atoms with van der Waals surface area (Å²) in [7, 11) is 0. The first-order valence-electron chi connectivity index (χ1n) is 6.58. The number of hydrogen-bond acceptors (Lipinski definition) is 4. The Balaban J connectivity index is 5.44. The smallest absolute Gasteiger partial charge is 0.323 e. The highest BCUT2D eigenvalue weighted by atomic mass is 35.5. The Morgan fingerprint density at radius 2 is 1.58 bits per heavy atom. The number of ether oxygens (including phenoxy) is 2. The number of rotatable bonds is 8. The van der Waals surface area contributed by atoms with Gasteiger partial charge in [0.15, 0.2) is 5.41 Å². The number of carbonyl (C=O) groups is 2. The highest BCUT2D eigenvalue weighted by molar-refractivity contribution is 6.25. The van der Waals surface area contributed by atoms with Crippen molar-refractivity contribution in [3.8, 4) is 0 Å². The molecule has 0 fully saturated rings. The van der Waals surface area contributed by atoms with Gasteiger partial charge in [-0.25, -0.2) is 0 Å². The molecule has 0 radical (unpaired) electrons. The quantitative estimate of drug-likeness (QED) is 0.508. The SMILES string of the molecule is CCCC(CC(C)=CCl)(C(=O)OCC)C(=O)OCC. The molecule has 0 heterocycles. The van der Waals surface area contributed by atoms with Crippen LogP contribution in [0.25, 0.3) is 0 Å². The highest BCUT2D eigenvalue weighted by Crippen LogP contribution is 2.35. The van der Waals surface area contributed by atoms with E-state index in [1.165, 1.54) is 5.54 Å². The number of esters is 2. The predicted octanol–water partition coefficient (Wildman–Crippen LogP) is 3.43. The Hall–Kier alpha value is -1.03. The largest absolute Gasteiger partial charge is 0.465 e. The van der Waals surface area contributed by atoms with Gasteiger partial charge in [-0.05, 0) is 33.6 Å². The van der Waals surface area contributed by atoms with Gasteiger partial charge in [-0.3, -0.25) is 9.59 Å². The second-order valence-electron chi connectivity index (χ2n) is 4.41. The third kappa shape index (κ3) is 4.86. The summed E-state index contributed by atoms with van der Waals surface area (Å²) in [6.45, 7) is 7.57.